The fourth-order valence-electron chi connectivity index (χ4n) is 6.21. The zero-order chi connectivity index (χ0) is 25.8. The Morgan fingerprint density at radius 2 is 0.897 bits per heavy atom. The molecule has 0 N–H and O–H groups in total. The monoisotopic (exact) mass is 498 g/mol. The average Bonchev–Trinajstić information content (AvgIpc) is 3.35. The molecule has 0 radical (unpaired) electrons. The Bertz CT molecular complexity index is 1910. The molecule has 2 heterocycles. The third-order valence-corrected chi connectivity index (χ3v) is 7.91. The van der Waals surface area contributed by atoms with Gasteiger partial charge in [-0.15, -0.1) is 0 Å². The van der Waals surface area contributed by atoms with Crippen molar-refractivity contribution in [3.63, 3.8) is 0 Å². The molecule has 7 aromatic rings. The number of allylic oxidation sites excluding steroid dienone is 6. The Morgan fingerprint density at radius 3 is 1.36 bits per heavy atom. The number of hydrogen-bond acceptors (Lipinski definition) is 0. The number of rotatable bonds is 3. The van der Waals surface area contributed by atoms with Crippen LogP contribution in [0.4, 0.5) is 0 Å². The minimum absolute atomic E-state index is 0.923. The van der Waals surface area contributed by atoms with Crippen LogP contribution in [0.15, 0.2) is 146 Å². The molecule has 0 unspecified atom stereocenters. The predicted molar refractivity (Wildman–Crippen MR) is 166 cm³/mol. The van der Waals surface area contributed by atoms with E-state index in [-0.39, 0.29) is 0 Å². The van der Waals surface area contributed by atoms with Gasteiger partial charge in [0, 0.05) is 32.9 Å². The quantitative estimate of drug-likeness (QED) is 0.229. The fourth-order valence-corrected chi connectivity index (χ4v) is 6.21. The van der Waals surface area contributed by atoms with Gasteiger partial charge in [0.05, 0.1) is 22.1 Å². The lowest BCUT2D eigenvalue weighted by molar-refractivity contribution is 1.13. The largest absolute Gasteiger partial charge is 0.309 e. The SMILES string of the molecule is C1=CCC=C(c2cc(-n3c4ccccc4c4ccccc43)cc(-n3c4ccccc4c4ccccc43)c2)C=C1. The summed E-state index contributed by atoms with van der Waals surface area (Å²) < 4.78 is 4.84. The second kappa shape index (κ2) is 8.75. The maximum absolute atomic E-state index is 2.42. The highest BCUT2D eigenvalue weighted by atomic mass is 15.0. The molecule has 184 valence electrons. The van der Waals surface area contributed by atoms with Crippen LogP contribution in [0.3, 0.4) is 0 Å². The van der Waals surface area contributed by atoms with E-state index in [9.17, 15) is 0 Å². The van der Waals surface area contributed by atoms with Gasteiger partial charge < -0.3 is 9.13 Å². The highest BCUT2D eigenvalue weighted by Gasteiger charge is 2.17. The molecule has 1 aliphatic rings. The van der Waals surface area contributed by atoms with Crippen LogP contribution in [0.1, 0.15) is 12.0 Å². The van der Waals surface area contributed by atoms with Crippen molar-refractivity contribution in [3.05, 3.63) is 151 Å². The van der Waals surface area contributed by atoms with E-state index in [1.54, 1.807) is 0 Å². The van der Waals surface area contributed by atoms with Crippen molar-refractivity contribution in [2.45, 2.75) is 6.42 Å². The number of aromatic nitrogens is 2. The Hall–Kier alpha value is -5.08. The molecular weight excluding hydrogens is 472 g/mol. The second-order valence-electron chi connectivity index (χ2n) is 10.2. The van der Waals surface area contributed by atoms with Gasteiger partial charge in [-0.3, -0.25) is 0 Å². The first kappa shape index (κ1) is 22.0. The standard InChI is InChI=1S/C37H26N2/c1-2-4-14-26(13-3-1)27-23-28(38-34-19-9-5-15-30(34)31-16-6-10-20-35(31)38)25-29(24-27)39-36-21-11-7-17-32(36)33-18-8-12-22-37(33)39/h1-3,5-25H,4H2. The first-order valence-corrected chi connectivity index (χ1v) is 13.5. The predicted octanol–water partition coefficient (Wildman–Crippen LogP) is 9.78. The van der Waals surface area contributed by atoms with E-state index in [0.717, 1.165) is 17.8 Å². The molecule has 0 bridgehead atoms. The van der Waals surface area contributed by atoms with Crippen molar-refractivity contribution in [2.24, 2.45) is 0 Å². The zero-order valence-electron chi connectivity index (χ0n) is 21.5. The number of para-hydroxylation sites is 4. The summed E-state index contributed by atoms with van der Waals surface area (Å²) in [5, 5.41) is 5.09. The molecule has 0 atom stereocenters. The summed E-state index contributed by atoms with van der Waals surface area (Å²) in [5.41, 5.74) is 9.65. The highest BCUT2D eigenvalue weighted by molar-refractivity contribution is 6.10. The summed E-state index contributed by atoms with van der Waals surface area (Å²) in [6, 6.07) is 42.0. The second-order valence-corrected chi connectivity index (χ2v) is 10.2. The summed E-state index contributed by atoms with van der Waals surface area (Å²) in [6.07, 6.45) is 12.0. The molecule has 2 aromatic heterocycles. The van der Waals surface area contributed by atoms with Gasteiger partial charge in [0.15, 0.2) is 0 Å². The van der Waals surface area contributed by atoms with E-state index >= 15 is 0 Å². The van der Waals surface area contributed by atoms with Crippen LogP contribution in [0, 0.1) is 0 Å². The Morgan fingerprint density at radius 1 is 0.462 bits per heavy atom. The van der Waals surface area contributed by atoms with Crippen molar-refractivity contribution in [1.29, 1.82) is 0 Å². The van der Waals surface area contributed by atoms with E-state index in [1.165, 1.54) is 54.7 Å². The van der Waals surface area contributed by atoms with Crippen molar-refractivity contribution in [1.82, 2.24) is 9.13 Å². The molecule has 0 saturated carbocycles. The lowest BCUT2D eigenvalue weighted by Gasteiger charge is -2.16. The van der Waals surface area contributed by atoms with Crippen LogP contribution in [-0.2, 0) is 0 Å². The Balaban J connectivity index is 1.49. The third-order valence-electron chi connectivity index (χ3n) is 7.91. The molecule has 5 aromatic carbocycles. The molecule has 2 nitrogen and oxygen atoms in total. The van der Waals surface area contributed by atoms with Gasteiger partial charge in [0.1, 0.15) is 0 Å². The van der Waals surface area contributed by atoms with E-state index in [1.807, 2.05) is 0 Å². The van der Waals surface area contributed by atoms with Gasteiger partial charge in [-0.05, 0) is 60.0 Å². The van der Waals surface area contributed by atoms with Crippen LogP contribution < -0.4 is 0 Å². The highest BCUT2D eigenvalue weighted by Crippen LogP contribution is 2.37. The van der Waals surface area contributed by atoms with Crippen LogP contribution in [0.5, 0.6) is 0 Å². The summed E-state index contributed by atoms with van der Waals surface area (Å²) in [6.45, 7) is 0. The third kappa shape index (κ3) is 3.42. The normalized spacial score (nSPS) is 13.5. The number of nitrogens with zero attached hydrogens (tertiary/aromatic N) is 2. The Labute approximate surface area is 227 Å². The first-order chi connectivity index (χ1) is 19.4. The molecule has 0 aliphatic heterocycles. The molecular formula is C37H26N2. The average molecular weight is 499 g/mol. The molecule has 39 heavy (non-hydrogen) atoms. The minimum Gasteiger partial charge on any atom is -0.309 e. The Kier molecular flexibility index (Phi) is 4.92. The molecule has 8 rings (SSSR count). The molecule has 0 amide bonds. The molecule has 0 fully saturated rings. The van der Waals surface area contributed by atoms with Crippen molar-refractivity contribution >= 4 is 49.2 Å². The van der Waals surface area contributed by atoms with Gasteiger partial charge in [-0.2, -0.15) is 0 Å². The van der Waals surface area contributed by atoms with Crippen molar-refractivity contribution in [2.75, 3.05) is 0 Å². The van der Waals surface area contributed by atoms with Gasteiger partial charge in [0.25, 0.3) is 0 Å². The maximum atomic E-state index is 2.42. The van der Waals surface area contributed by atoms with E-state index in [0.29, 0.717) is 0 Å². The summed E-state index contributed by atoms with van der Waals surface area (Å²) in [5.74, 6) is 0. The topological polar surface area (TPSA) is 9.86 Å². The number of fused-ring (bicyclic) bond motifs is 6. The van der Waals surface area contributed by atoms with Gasteiger partial charge in [0.2, 0.25) is 0 Å². The van der Waals surface area contributed by atoms with Crippen LogP contribution >= 0.6 is 0 Å². The van der Waals surface area contributed by atoms with E-state index < -0.39 is 0 Å². The van der Waals surface area contributed by atoms with Gasteiger partial charge in [-0.1, -0.05) is 103 Å². The van der Waals surface area contributed by atoms with Crippen molar-refractivity contribution < 1.29 is 0 Å². The summed E-state index contributed by atoms with van der Waals surface area (Å²) in [4.78, 5) is 0. The molecule has 0 spiro atoms. The first-order valence-electron chi connectivity index (χ1n) is 13.5. The zero-order valence-corrected chi connectivity index (χ0v) is 21.5. The van der Waals surface area contributed by atoms with Crippen LogP contribution in [0.2, 0.25) is 0 Å². The summed E-state index contributed by atoms with van der Waals surface area (Å²) >= 11 is 0. The summed E-state index contributed by atoms with van der Waals surface area (Å²) in [7, 11) is 0. The van der Waals surface area contributed by atoms with E-state index in [4.69, 9.17) is 0 Å². The molecule has 0 saturated heterocycles. The van der Waals surface area contributed by atoms with Crippen molar-refractivity contribution in [3.8, 4) is 11.4 Å². The molecule has 1 aliphatic carbocycles. The fraction of sp³-hybridized carbons (Fsp3) is 0.0270. The van der Waals surface area contributed by atoms with Crippen LogP contribution in [-0.4, -0.2) is 9.13 Å². The number of benzene rings is 5. The maximum Gasteiger partial charge on any atom is 0.0541 e. The van der Waals surface area contributed by atoms with Gasteiger partial charge in [-0.25, -0.2) is 0 Å². The smallest absolute Gasteiger partial charge is 0.0541 e. The minimum atomic E-state index is 0.923. The lowest BCUT2D eigenvalue weighted by atomic mass is 10.0. The lowest BCUT2D eigenvalue weighted by Crippen LogP contribution is -2.01. The molecule has 2 heteroatoms. The van der Waals surface area contributed by atoms with Crippen LogP contribution in [0.25, 0.3) is 60.6 Å². The number of hydrogen-bond donors (Lipinski definition) is 0. The van der Waals surface area contributed by atoms with E-state index in [2.05, 4.69) is 155 Å². The van der Waals surface area contributed by atoms with Gasteiger partial charge >= 0.3 is 0 Å².